The summed E-state index contributed by atoms with van der Waals surface area (Å²) in [6, 6.07) is 4.49. The average Bonchev–Trinajstić information content (AvgIpc) is 2.26. The van der Waals surface area contributed by atoms with Crippen LogP contribution in [-0.2, 0) is 0 Å². The normalized spacial score (nSPS) is 12.2. The van der Waals surface area contributed by atoms with Crippen LogP contribution in [0.1, 0.15) is 25.5 Å². The third-order valence-electron chi connectivity index (χ3n) is 2.51. The molecular formula is C13H18FNO. The van der Waals surface area contributed by atoms with Crippen LogP contribution in [0.15, 0.2) is 30.9 Å². The number of rotatable bonds is 5. The van der Waals surface area contributed by atoms with Crippen molar-refractivity contribution >= 4 is 5.69 Å². The molecule has 0 unspecified atom stereocenters. The highest BCUT2D eigenvalue weighted by atomic mass is 19.1. The largest absolute Gasteiger partial charge is 0.389 e. The van der Waals surface area contributed by atoms with Crippen LogP contribution in [0, 0.1) is 5.82 Å². The van der Waals surface area contributed by atoms with Crippen molar-refractivity contribution in [2.75, 3.05) is 18.0 Å². The summed E-state index contributed by atoms with van der Waals surface area (Å²) in [5.74, 6) is -0.325. The number of nitrogens with zero attached hydrogens (tertiary/aromatic N) is 1. The zero-order valence-electron chi connectivity index (χ0n) is 9.78. The molecule has 16 heavy (non-hydrogen) atoms. The van der Waals surface area contributed by atoms with Gasteiger partial charge in [0.15, 0.2) is 0 Å². The number of hydrogen-bond donors (Lipinski definition) is 1. The number of anilines is 1. The summed E-state index contributed by atoms with van der Waals surface area (Å²) in [5, 5.41) is 9.62. The van der Waals surface area contributed by atoms with Crippen molar-refractivity contribution in [3.05, 3.63) is 42.2 Å². The van der Waals surface area contributed by atoms with E-state index in [4.69, 9.17) is 0 Å². The van der Waals surface area contributed by atoms with E-state index in [1.165, 1.54) is 12.1 Å². The number of benzene rings is 1. The third-order valence-corrected chi connectivity index (χ3v) is 2.51. The van der Waals surface area contributed by atoms with Crippen LogP contribution >= 0.6 is 0 Å². The molecule has 0 saturated carbocycles. The van der Waals surface area contributed by atoms with Crippen LogP contribution in [0.25, 0.3) is 0 Å². The summed E-state index contributed by atoms with van der Waals surface area (Å²) >= 11 is 0. The lowest BCUT2D eigenvalue weighted by atomic mass is 10.1. The lowest BCUT2D eigenvalue weighted by Crippen LogP contribution is -2.24. The topological polar surface area (TPSA) is 23.5 Å². The van der Waals surface area contributed by atoms with Crippen LogP contribution in [0.3, 0.4) is 0 Å². The molecule has 1 rings (SSSR count). The van der Waals surface area contributed by atoms with Gasteiger partial charge in [-0.2, -0.15) is 0 Å². The lowest BCUT2D eigenvalue weighted by molar-refractivity contribution is 0.199. The molecule has 3 heteroatoms. The summed E-state index contributed by atoms with van der Waals surface area (Å²) < 4.78 is 13.1. The highest BCUT2D eigenvalue weighted by Crippen LogP contribution is 2.27. The molecule has 1 atom stereocenters. The van der Waals surface area contributed by atoms with E-state index in [2.05, 4.69) is 6.58 Å². The zero-order chi connectivity index (χ0) is 12.1. The second-order valence-electron chi connectivity index (χ2n) is 3.71. The highest BCUT2D eigenvalue weighted by Gasteiger charge is 2.13. The number of aliphatic hydroxyl groups excluding tert-OH is 1. The molecule has 0 heterocycles. The second kappa shape index (κ2) is 5.66. The predicted molar refractivity (Wildman–Crippen MR) is 65.1 cm³/mol. The Kier molecular flexibility index (Phi) is 4.50. The molecule has 0 amide bonds. The van der Waals surface area contributed by atoms with E-state index in [1.807, 2.05) is 11.8 Å². The molecule has 1 aromatic rings. The smallest absolute Gasteiger partial charge is 0.123 e. The Labute approximate surface area is 96.0 Å². The summed E-state index contributed by atoms with van der Waals surface area (Å²) in [6.07, 6.45) is 1.11. The maximum absolute atomic E-state index is 13.1. The molecule has 0 fully saturated rings. The van der Waals surface area contributed by atoms with Gasteiger partial charge in [0, 0.05) is 24.3 Å². The van der Waals surface area contributed by atoms with Gasteiger partial charge in [0.25, 0.3) is 0 Å². The number of likely N-dealkylation sites (N-methyl/N-ethyl adjacent to an activating group) is 1. The fourth-order valence-corrected chi connectivity index (χ4v) is 1.70. The minimum atomic E-state index is -0.676. The van der Waals surface area contributed by atoms with Gasteiger partial charge >= 0.3 is 0 Å². The zero-order valence-corrected chi connectivity index (χ0v) is 9.78. The van der Waals surface area contributed by atoms with E-state index in [9.17, 15) is 9.50 Å². The molecule has 0 aliphatic rings. The van der Waals surface area contributed by atoms with Gasteiger partial charge in [-0.1, -0.05) is 6.08 Å². The van der Waals surface area contributed by atoms with Gasteiger partial charge in [-0.05, 0) is 32.0 Å². The summed E-state index contributed by atoms with van der Waals surface area (Å²) in [5.41, 5.74) is 1.47. The van der Waals surface area contributed by atoms with Crippen molar-refractivity contribution < 1.29 is 9.50 Å². The first-order valence-corrected chi connectivity index (χ1v) is 5.43. The van der Waals surface area contributed by atoms with Crippen LogP contribution in [-0.4, -0.2) is 18.2 Å². The van der Waals surface area contributed by atoms with E-state index in [0.29, 0.717) is 12.1 Å². The van der Waals surface area contributed by atoms with Gasteiger partial charge < -0.3 is 10.0 Å². The Bertz CT molecular complexity index is 363. The lowest BCUT2D eigenvalue weighted by Gasteiger charge is -2.25. The van der Waals surface area contributed by atoms with Crippen LogP contribution < -0.4 is 4.90 Å². The first kappa shape index (κ1) is 12.7. The SMILES string of the molecule is C=CCN(CC)c1ccc(F)cc1[C@@H](C)O. The Balaban J connectivity index is 3.14. The minimum Gasteiger partial charge on any atom is -0.389 e. The highest BCUT2D eigenvalue weighted by molar-refractivity contribution is 5.55. The Hall–Kier alpha value is -1.35. The molecule has 0 aliphatic carbocycles. The van der Waals surface area contributed by atoms with Crippen molar-refractivity contribution in [2.24, 2.45) is 0 Å². The van der Waals surface area contributed by atoms with Crippen molar-refractivity contribution in [1.82, 2.24) is 0 Å². The van der Waals surface area contributed by atoms with E-state index >= 15 is 0 Å². The van der Waals surface area contributed by atoms with Crippen LogP contribution in [0.2, 0.25) is 0 Å². The third kappa shape index (κ3) is 2.83. The molecule has 0 saturated heterocycles. The van der Waals surface area contributed by atoms with Gasteiger partial charge in [0.05, 0.1) is 6.10 Å². The predicted octanol–water partition coefficient (Wildman–Crippen LogP) is 2.89. The molecule has 0 aromatic heterocycles. The van der Waals surface area contributed by atoms with Gasteiger partial charge in [-0.15, -0.1) is 6.58 Å². The number of halogens is 1. The van der Waals surface area contributed by atoms with Crippen molar-refractivity contribution in [3.8, 4) is 0 Å². The summed E-state index contributed by atoms with van der Waals surface area (Å²) in [6.45, 7) is 8.81. The van der Waals surface area contributed by atoms with Crippen LogP contribution in [0.4, 0.5) is 10.1 Å². The maximum Gasteiger partial charge on any atom is 0.123 e. The number of hydrogen-bond acceptors (Lipinski definition) is 2. The van der Waals surface area contributed by atoms with Gasteiger partial charge in [0.1, 0.15) is 5.82 Å². The molecule has 0 spiro atoms. The maximum atomic E-state index is 13.1. The van der Waals surface area contributed by atoms with E-state index < -0.39 is 6.10 Å². The first-order valence-electron chi connectivity index (χ1n) is 5.43. The summed E-state index contributed by atoms with van der Waals surface area (Å²) in [4.78, 5) is 2.04. The second-order valence-corrected chi connectivity index (χ2v) is 3.71. The standard InChI is InChI=1S/C13H18FNO/c1-4-8-15(5-2)13-7-6-11(14)9-12(13)10(3)16/h4,6-7,9-10,16H,1,5,8H2,2-3H3/t10-/m1/s1. The molecule has 2 nitrogen and oxygen atoms in total. The molecule has 1 N–H and O–H groups in total. The average molecular weight is 223 g/mol. The van der Waals surface area contributed by atoms with E-state index in [-0.39, 0.29) is 5.82 Å². The Morgan fingerprint density at radius 1 is 1.56 bits per heavy atom. The van der Waals surface area contributed by atoms with Gasteiger partial charge in [-0.25, -0.2) is 4.39 Å². The van der Waals surface area contributed by atoms with Crippen molar-refractivity contribution in [1.29, 1.82) is 0 Å². The fourth-order valence-electron chi connectivity index (χ4n) is 1.70. The fraction of sp³-hybridized carbons (Fsp3) is 0.385. The number of aliphatic hydroxyl groups is 1. The summed E-state index contributed by atoms with van der Waals surface area (Å²) in [7, 11) is 0. The molecule has 1 aromatic carbocycles. The minimum absolute atomic E-state index is 0.325. The van der Waals surface area contributed by atoms with Gasteiger partial charge in [0.2, 0.25) is 0 Å². The van der Waals surface area contributed by atoms with E-state index in [0.717, 1.165) is 12.2 Å². The van der Waals surface area contributed by atoms with Crippen molar-refractivity contribution in [3.63, 3.8) is 0 Å². The Morgan fingerprint density at radius 2 is 2.25 bits per heavy atom. The molecular weight excluding hydrogens is 205 g/mol. The monoisotopic (exact) mass is 223 g/mol. The molecule has 0 radical (unpaired) electrons. The Morgan fingerprint density at radius 3 is 2.75 bits per heavy atom. The van der Waals surface area contributed by atoms with Crippen LogP contribution in [0.5, 0.6) is 0 Å². The molecule has 0 bridgehead atoms. The molecule has 88 valence electrons. The first-order chi connectivity index (χ1) is 7.60. The quantitative estimate of drug-likeness (QED) is 0.776. The van der Waals surface area contributed by atoms with Crippen molar-refractivity contribution in [2.45, 2.75) is 20.0 Å². The van der Waals surface area contributed by atoms with Gasteiger partial charge in [-0.3, -0.25) is 0 Å². The van der Waals surface area contributed by atoms with E-state index in [1.54, 1.807) is 19.1 Å². The molecule has 0 aliphatic heterocycles.